The van der Waals surface area contributed by atoms with Gasteiger partial charge in [0.05, 0.1) is 17.6 Å². The van der Waals surface area contributed by atoms with Crippen LogP contribution in [0.3, 0.4) is 0 Å². The Morgan fingerprint density at radius 1 is 1.14 bits per heavy atom. The fraction of sp³-hybridized carbons (Fsp3) is 0.391. The molecular formula is C23H28N2O3. The predicted octanol–water partition coefficient (Wildman–Crippen LogP) is 4.41. The van der Waals surface area contributed by atoms with Gasteiger partial charge in [-0.1, -0.05) is 32.4 Å². The molecule has 3 rings (SSSR count). The third kappa shape index (κ3) is 4.78. The van der Waals surface area contributed by atoms with Crippen LogP contribution in [-0.4, -0.2) is 33.2 Å². The number of hydrogen-bond acceptors (Lipinski definition) is 4. The number of fused-ring (bicyclic) bond motifs is 1. The first-order valence-electron chi connectivity index (χ1n) is 10.0. The van der Waals surface area contributed by atoms with E-state index >= 15 is 0 Å². The molecule has 2 aromatic carbocycles. The molecule has 0 aliphatic heterocycles. The van der Waals surface area contributed by atoms with Gasteiger partial charge in [-0.25, -0.2) is 4.98 Å². The molecule has 0 aliphatic rings. The van der Waals surface area contributed by atoms with E-state index in [4.69, 9.17) is 9.72 Å². The molecule has 1 atom stereocenters. The van der Waals surface area contributed by atoms with E-state index in [0.29, 0.717) is 24.3 Å². The highest BCUT2D eigenvalue weighted by atomic mass is 16.5. The Morgan fingerprint density at radius 2 is 1.89 bits per heavy atom. The van der Waals surface area contributed by atoms with E-state index in [-0.39, 0.29) is 12.4 Å². The molecule has 1 unspecified atom stereocenters. The Labute approximate surface area is 166 Å². The number of ketones is 1. The quantitative estimate of drug-likeness (QED) is 0.529. The number of aromatic nitrogens is 2. The maximum absolute atomic E-state index is 11.7. The number of para-hydroxylation sites is 2. The van der Waals surface area contributed by atoms with Crippen molar-refractivity contribution in [1.29, 1.82) is 0 Å². The van der Waals surface area contributed by atoms with Gasteiger partial charge in [-0.2, -0.15) is 0 Å². The number of carbonyl (C=O) groups is 1. The number of aryl methyl sites for hydroxylation is 1. The largest absolute Gasteiger partial charge is 0.491 e. The van der Waals surface area contributed by atoms with Gasteiger partial charge >= 0.3 is 0 Å². The van der Waals surface area contributed by atoms with Gasteiger partial charge in [0.2, 0.25) is 0 Å². The van der Waals surface area contributed by atoms with E-state index in [1.165, 1.54) is 0 Å². The summed E-state index contributed by atoms with van der Waals surface area (Å²) in [6.07, 6.45) is 2.89. The first kappa shape index (κ1) is 20.1. The van der Waals surface area contributed by atoms with Crippen molar-refractivity contribution in [2.45, 2.75) is 52.2 Å². The van der Waals surface area contributed by atoms with Crippen LogP contribution in [0.15, 0.2) is 48.5 Å². The number of rotatable bonds is 10. The molecule has 0 amide bonds. The van der Waals surface area contributed by atoms with Crippen molar-refractivity contribution in [1.82, 2.24) is 9.55 Å². The summed E-state index contributed by atoms with van der Waals surface area (Å²) in [5.41, 5.74) is 2.67. The van der Waals surface area contributed by atoms with E-state index in [9.17, 15) is 9.90 Å². The van der Waals surface area contributed by atoms with Crippen molar-refractivity contribution >= 4 is 16.8 Å². The van der Waals surface area contributed by atoms with E-state index < -0.39 is 6.10 Å². The number of unbranched alkanes of at least 4 members (excludes halogenated alkanes) is 1. The molecule has 0 spiro atoms. The van der Waals surface area contributed by atoms with Gasteiger partial charge in [0, 0.05) is 18.4 Å². The van der Waals surface area contributed by atoms with Gasteiger partial charge in [-0.05, 0) is 42.8 Å². The number of hydrogen-bond donors (Lipinski definition) is 1. The zero-order valence-corrected chi connectivity index (χ0v) is 16.6. The van der Waals surface area contributed by atoms with Crippen molar-refractivity contribution in [2.24, 2.45) is 0 Å². The molecule has 0 fully saturated rings. The Balaban J connectivity index is 1.66. The van der Waals surface area contributed by atoms with Crippen LogP contribution in [0, 0.1) is 0 Å². The molecule has 0 bridgehead atoms. The first-order valence-corrected chi connectivity index (χ1v) is 10.0. The lowest BCUT2D eigenvalue weighted by Gasteiger charge is -2.16. The molecule has 0 aliphatic carbocycles. The van der Waals surface area contributed by atoms with Gasteiger partial charge in [0.15, 0.2) is 5.78 Å². The minimum Gasteiger partial charge on any atom is -0.491 e. The minimum absolute atomic E-state index is 0.109. The molecule has 0 saturated carbocycles. The molecule has 0 saturated heterocycles. The molecular weight excluding hydrogens is 352 g/mol. The van der Waals surface area contributed by atoms with Crippen LogP contribution in [0.1, 0.15) is 49.3 Å². The highest BCUT2D eigenvalue weighted by molar-refractivity contribution is 5.95. The van der Waals surface area contributed by atoms with Crippen LogP contribution < -0.4 is 4.74 Å². The number of aliphatic hydroxyl groups is 1. The topological polar surface area (TPSA) is 64.3 Å². The summed E-state index contributed by atoms with van der Waals surface area (Å²) >= 11 is 0. The first-order chi connectivity index (χ1) is 13.6. The van der Waals surface area contributed by atoms with Gasteiger partial charge < -0.3 is 14.4 Å². The average molecular weight is 380 g/mol. The fourth-order valence-corrected chi connectivity index (χ4v) is 3.25. The van der Waals surface area contributed by atoms with E-state index in [0.717, 1.165) is 36.1 Å². The smallest absolute Gasteiger partial charge is 0.162 e. The molecule has 148 valence electrons. The second kappa shape index (κ2) is 9.51. The van der Waals surface area contributed by atoms with Gasteiger partial charge in [0.1, 0.15) is 24.3 Å². The Kier molecular flexibility index (Phi) is 6.82. The molecule has 5 heteroatoms. The van der Waals surface area contributed by atoms with Crippen molar-refractivity contribution in [3.63, 3.8) is 0 Å². The summed E-state index contributed by atoms with van der Waals surface area (Å²) in [5, 5.41) is 10.5. The highest BCUT2D eigenvalue weighted by Crippen LogP contribution is 2.19. The van der Waals surface area contributed by atoms with E-state index in [2.05, 4.69) is 11.5 Å². The second-order valence-electron chi connectivity index (χ2n) is 7.00. The monoisotopic (exact) mass is 380 g/mol. The summed E-state index contributed by atoms with van der Waals surface area (Å²) in [6, 6.07) is 15.1. The third-order valence-electron chi connectivity index (χ3n) is 4.82. The summed E-state index contributed by atoms with van der Waals surface area (Å²) in [5.74, 6) is 1.76. The third-order valence-corrected chi connectivity index (χ3v) is 4.82. The van der Waals surface area contributed by atoms with Crippen molar-refractivity contribution in [3.05, 3.63) is 59.9 Å². The van der Waals surface area contributed by atoms with Crippen molar-refractivity contribution < 1.29 is 14.6 Å². The number of imidazole rings is 1. The lowest BCUT2D eigenvalue weighted by molar-refractivity contribution is 0.0925. The number of benzene rings is 2. The molecule has 3 aromatic rings. The molecule has 1 N–H and O–H groups in total. The number of Topliss-reactive ketones (excluding diaryl/α,β-unsaturated/α-hetero) is 1. The zero-order valence-electron chi connectivity index (χ0n) is 16.6. The van der Waals surface area contributed by atoms with E-state index in [1.54, 1.807) is 24.3 Å². The minimum atomic E-state index is -0.657. The lowest BCUT2D eigenvalue weighted by atomic mass is 10.1. The molecule has 28 heavy (non-hydrogen) atoms. The van der Waals surface area contributed by atoms with Crippen LogP contribution in [0.2, 0.25) is 0 Å². The standard InChI is InChI=1S/C23H28N2O3/c1-3-5-10-23-24-20-8-6-7-9-21(20)25(23)15-18(26)16-28-19-13-11-17(12-14-19)22(27)4-2/h6-9,11-14,18,26H,3-5,10,15-16H2,1-2H3. The molecule has 1 heterocycles. The maximum atomic E-state index is 11.7. The summed E-state index contributed by atoms with van der Waals surface area (Å²) < 4.78 is 7.82. The number of carbonyl (C=O) groups excluding carboxylic acids is 1. The highest BCUT2D eigenvalue weighted by Gasteiger charge is 2.14. The number of nitrogens with zero attached hydrogens (tertiary/aromatic N) is 2. The van der Waals surface area contributed by atoms with Gasteiger partial charge in [0.25, 0.3) is 0 Å². The SMILES string of the molecule is CCCCc1nc2ccccc2n1CC(O)COc1ccc(C(=O)CC)cc1. The van der Waals surface area contributed by atoms with Crippen LogP contribution >= 0.6 is 0 Å². The van der Waals surface area contributed by atoms with Crippen LogP contribution in [0.25, 0.3) is 11.0 Å². The van der Waals surface area contributed by atoms with Crippen LogP contribution in [-0.2, 0) is 13.0 Å². The van der Waals surface area contributed by atoms with Crippen LogP contribution in [0.4, 0.5) is 0 Å². The summed E-state index contributed by atoms with van der Waals surface area (Å²) in [4.78, 5) is 16.4. The molecule has 5 nitrogen and oxygen atoms in total. The van der Waals surface area contributed by atoms with Gasteiger partial charge in [-0.3, -0.25) is 4.79 Å². The number of aliphatic hydroxyl groups excluding tert-OH is 1. The second-order valence-corrected chi connectivity index (χ2v) is 7.00. The Morgan fingerprint density at radius 3 is 2.61 bits per heavy atom. The predicted molar refractivity (Wildman–Crippen MR) is 111 cm³/mol. The molecule has 1 aromatic heterocycles. The fourth-order valence-electron chi connectivity index (χ4n) is 3.25. The zero-order chi connectivity index (χ0) is 19.9. The molecule has 0 radical (unpaired) electrons. The Hall–Kier alpha value is -2.66. The maximum Gasteiger partial charge on any atom is 0.162 e. The number of ether oxygens (including phenoxy) is 1. The average Bonchev–Trinajstić information content (AvgIpc) is 3.07. The van der Waals surface area contributed by atoms with Crippen molar-refractivity contribution in [2.75, 3.05) is 6.61 Å². The van der Waals surface area contributed by atoms with Gasteiger partial charge in [-0.15, -0.1) is 0 Å². The van der Waals surface area contributed by atoms with E-state index in [1.807, 2.05) is 31.2 Å². The Bertz CT molecular complexity index is 915. The normalized spacial score (nSPS) is 12.2. The lowest BCUT2D eigenvalue weighted by Crippen LogP contribution is -2.24. The summed E-state index contributed by atoms with van der Waals surface area (Å²) in [6.45, 7) is 4.62. The van der Waals surface area contributed by atoms with Crippen molar-refractivity contribution in [3.8, 4) is 5.75 Å². The summed E-state index contributed by atoms with van der Waals surface area (Å²) in [7, 11) is 0. The van der Waals surface area contributed by atoms with Crippen LogP contribution in [0.5, 0.6) is 5.75 Å².